The van der Waals surface area contributed by atoms with E-state index in [1.54, 1.807) is 0 Å². The molecular formula is C13H31AlOSi. The minimum atomic E-state index is -1.38. The number of ether oxygens (including phenoxy) is 1. The quantitative estimate of drug-likeness (QED) is 0.691. The molecule has 0 N–H and O–H groups in total. The average molecular weight is 258 g/mol. The molecule has 1 nitrogen and oxygen atoms in total. The van der Waals surface area contributed by atoms with Gasteiger partial charge in [0, 0.05) is 6.61 Å². The summed E-state index contributed by atoms with van der Waals surface area (Å²) >= 11 is 0. The third-order valence-electron chi connectivity index (χ3n) is 4.94. The molecule has 1 heterocycles. The molecule has 0 aromatic carbocycles. The molecule has 1 saturated heterocycles. The fourth-order valence-electron chi connectivity index (χ4n) is 2.75. The third kappa shape index (κ3) is 2.75. The monoisotopic (exact) mass is 258 g/mol. The molecule has 0 radical (unpaired) electrons. The second kappa shape index (κ2) is 5.57. The lowest BCUT2D eigenvalue weighted by Gasteiger charge is -2.53. The lowest BCUT2D eigenvalue weighted by Crippen LogP contribution is -2.62. The minimum absolute atomic E-state index is 0. The van der Waals surface area contributed by atoms with Crippen LogP contribution in [0.5, 0.6) is 0 Å². The van der Waals surface area contributed by atoms with Gasteiger partial charge in [0.05, 0.1) is 13.3 Å². The number of hydrogen-bond acceptors (Lipinski definition) is 1. The van der Waals surface area contributed by atoms with Gasteiger partial charge < -0.3 is 4.74 Å². The Morgan fingerprint density at radius 2 is 1.75 bits per heavy atom. The van der Waals surface area contributed by atoms with E-state index in [2.05, 4.69) is 40.8 Å². The van der Waals surface area contributed by atoms with Gasteiger partial charge in [0.25, 0.3) is 0 Å². The van der Waals surface area contributed by atoms with Crippen LogP contribution in [0, 0.1) is 0 Å². The van der Waals surface area contributed by atoms with Crippen molar-refractivity contribution in [3.63, 3.8) is 0 Å². The van der Waals surface area contributed by atoms with Crippen LogP contribution in [0.15, 0.2) is 0 Å². The predicted molar refractivity (Wildman–Crippen MR) is 80.0 cm³/mol. The standard InChI is InChI=1S/C13H28OSi.Al.3H/c1-7-13(10-8-9-11-14-13)15(5,6)12(2,3)4;;;;/h7-11H2,1-6H3;;;;. The number of rotatable bonds is 2. The first-order chi connectivity index (χ1) is 6.77. The molecule has 1 fully saturated rings. The summed E-state index contributed by atoms with van der Waals surface area (Å²) in [4.78, 5) is 0. The molecule has 1 aliphatic rings. The first-order valence-electron chi connectivity index (χ1n) is 6.41. The van der Waals surface area contributed by atoms with Crippen LogP contribution in [0.25, 0.3) is 0 Å². The summed E-state index contributed by atoms with van der Waals surface area (Å²) in [6, 6.07) is 0. The fourth-order valence-corrected chi connectivity index (χ4v) is 6.26. The Bertz CT molecular complexity index is 214. The van der Waals surface area contributed by atoms with Gasteiger partial charge in [-0.15, -0.1) is 0 Å². The lowest BCUT2D eigenvalue weighted by molar-refractivity contribution is -0.0308. The maximum absolute atomic E-state index is 6.27. The van der Waals surface area contributed by atoms with E-state index >= 15 is 0 Å². The van der Waals surface area contributed by atoms with Crippen molar-refractivity contribution in [2.45, 2.75) is 76.7 Å². The van der Waals surface area contributed by atoms with Crippen molar-refractivity contribution in [3.8, 4) is 0 Å². The highest BCUT2D eigenvalue weighted by Crippen LogP contribution is 2.49. The largest absolute Gasteiger partial charge is 0.378 e. The molecule has 1 rings (SSSR count). The first kappa shape index (κ1) is 16.7. The summed E-state index contributed by atoms with van der Waals surface area (Å²) in [6.07, 6.45) is 5.11. The Hall–Kier alpha value is 0.709. The van der Waals surface area contributed by atoms with E-state index in [4.69, 9.17) is 4.74 Å². The van der Waals surface area contributed by atoms with Gasteiger partial charge in [-0.05, 0) is 30.7 Å². The molecule has 0 saturated carbocycles. The van der Waals surface area contributed by atoms with Gasteiger partial charge in [-0.25, -0.2) is 0 Å². The molecule has 0 aliphatic carbocycles. The van der Waals surface area contributed by atoms with Crippen molar-refractivity contribution >= 4 is 25.4 Å². The summed E-state index contributed by atoms with van der Waals surface area (Å²) in [5, 5.41) is 0.670. The Labute approximate surface area is 113 Å². The van der Waals surface area contributed by atoms with E-state index in [1.807, 2.05) is 0 Å². The highest BCUT2D eigenvalue weighted by atomic mass is 28.3. The number of hydrogen-bond donors (Lipinski definition) is 0. The van der Waals surface area contributed by atoms with E-state index < -0.39 is 8.07 Å². The van der Waals surface area contributed by atoms with Crippen LogP contribution in [-0.2, 0) is 4.74 Å². The van der Waals surface area contributed by atoms with Crippen molar-refractivity contribution in [1.29, 1.82) is 0 Å². The zero-order valence-electron chi connectivity index (χ0n) is 11.4. The van der Waals surface area contributed by atoms with E-state index in [0.29, 0.717) is 5.04 Å². The van der Waals surface area contributed by atoms with E-state index in [1.165, 1.54) is 25.7 Å². The van der Waals surface area contributed by atoms with Crippen molar-refractivity contribution < 1.29 is 4.74 Å². The minimum Gasteiger partial charge on any atom is -0.378 e. The van der Waals surface area contributed by atoms with Crippen LogP contribution in [0.4, 0.5) is 0 Å². The van der Waals surface area contributed by atoms with E-state index in [-0.39, 0.29) is 22.6 Å². The molecule has 0 aromatic heterocycles. The highest BCUT2D eigenvalue weighted by Gasteiger charge is 2.53. The third-order valence-corrected chi connectivity index (χ3v) is 11.7. The molecule has 96 valence electrons. The van der Waals surface area contributed by atoms with Crippen molar-refractivity contribution in [3.05, 3.63) is 0 Å². The Morgan fingerprint density at radius 3 is 2.06 bits per heavy atom. The first-order valence-corrected chi connectivity index (χ1v) is 9.41. The summed E-state index contributed by atoms with van der Waals surface area (Å²) in [6.45, 7) is 15.5. The second-order valence-corrected chi connectivity index (χ2v) is 12.2. The summed E-state index contributed by atoms with van der Waals surface area (Å²) in [5.41, 5.74) is 0. The summed E-state index contributed by atoms with van der Waals surface area (Å²) in [5.74, 6) is 0. The Morgan fingerprint density at radius 1 is 1.19 bits per heavy atom. The highest BCUT2D eigenvalue weighted by molar-refractivity contribution is 6.82. The summed E-state index contributed by atoms with van der Waals surface area (Å²) < 4.78 is 6.27. The molecule has 1 aliphatic heterocycles. The molecule has 16 heavy (non-hydrogen) atoms. The van der Waals surface area contributed by atoms with Gasteiger partial charge in [0.15, 0.2) is 17.4 Å². The maximum atomic E-state index is 6.27. The van der Waals surface area contributed by atoms with E-state index in [0.717, 1.165) is 6.61 Å². The molecule has 0 spiro atoms. The van der Waals surface area contributed by atoms with Crippen LogP contribution < -0.4 is 0 Å². The molecule has 1 atom stereocenters. The zero-order chi connectivity index (χ0) is 11.7. The van der Waals surface area contributed by atoms with Crippen LogP contribution in [-0.4, -0.2) is 37.3 Å². The zero-order valence-corrected chi connectivity index (χ0v) is 12.4. The van der Waals surface area contributed by atoms with Crippen molar-refractivity contribution in [2.24, 2.45) is 0 Å². The van der Waals surface area contributed by atoms with Gasteiger partial charge in [0.2, 0.25) is 0 Å². The van der Waals surface area contributed by atoms with Gasteiger partial charge in [-0.3, -0.25) is 0 Å². The van der Waals surface area contributed by atoms with Gasteiger partial charge in [-0.2, -0.15) is 0 Å². The van der Waals surface area contributed by atoms with Gasteiger partial charge >= 0.3 is 0 Å². The molecule has 0 bridgehead atoms. The Balaban J connectivity index is 0.00000225. The molecule has 0 amide bonds. The molecule has 0 aromatic rings. The molecular weight excluding hydrogens is 227 g/mol. The fraction of sp³-hybridized carbons (Fsp3) is 1.00. The summed E-state index contributed by atoms with van der Waals surface area (Å²) in [7, 11) is -1.38. The topological polar surface area (TPSA) is 9.23 Å². The van der Waals surface area contributed by atoms with E-state index in [9.17, 15) is 0 Å². The predicted octanol–water partition coefficient (Wildman–Crippen LogP) is 3.20. The lowest BCUT2D eigenvalue weighted by atomic mass is 10.1. The van der Waals surface area contributed by atoms with Crippen LogP contribution in [0.3, 0.4) is 0 Å². The van der Waals surface area contributed by atoms with Gasteiger partial charge in [0.1, 0.15) is 0 Å². The van der Waals surface area contributed by atoms with Gasteiger partial charge in [-0.1, -0.05) is 40.8 Å². The smallest absolute Gasteiger partial charge is 0.187 e. The molecule has 1 unspecified atom stereocenters. The van der Waals surface area contributed by atoms with Crippen LogP contribution >= 0.6 is 0 Å². The SMILES string of the molecule is CCC1([Si](C)(C)C(C)(C)C)CCCCO1.[AlH3]. The van der Waals surface area contributed by atoms with Crippen molar-refractivity contribution in [2.75, 3.05) is 6.61 Å². The van der Waals surface area contributed by atoms with Crippen LogP contribution in [0.2, 0.25) is 18.1 Å². The average Bonchev–Trinajstić information content (AvgIpc) is 2.17. The second-order valence-electron chi connectivity index (χ2n) is 6.53. The van der Waals surface area contributed by atoms with Crippen molar-refractivity contribution in [1.82, 2.24) is 0 Å². The normalized spacial score (nSPS) is 27.4. The van der Waals surface area contributed by atoms with Crippen LogP contribution in [0.1, 0.15) is 53.4 Å². The Kier molecular flexibility index (Phi) is 5.81. The molecule has 3 heteroatoms. The maximum Gasteiger partial charge on any atom is 0.187 e.